The molecule has 5 unspecified atom stereocenters. The Hall–Kier alpha value is -1.43. The van der Waals surface area contributed by atoms with Crippen LogP contribution >= 0.6 is 0 Å². The first-order chi connectivity index (χ1) is 11.6. The maximum Gasteiger partial charge on any atom is 0.226 e. The second-order valence-corrected chi connectivity index (χ2v) is 7.96. The third kappa shape index (κ3) is 2.85. The Bertz CT molecular complexity index is 562. The predicted octanol–water partition coefficient (Wildman–Crippen LogP) is 2.47. The Morgan fingerprint density at radius 1 is 1.17 bits per heavy atom. The van der Waals surface area contributed by atoms with E-state index in [0.717, 1.165) is 38.6 Å². The quantitative estimate of drug-likeness (QED) is 0.478. The van der Waals surface area contributed by atoms with Crippen LogP contribution in [0.1, 0.15) is 57.8 Å². The molecular weight excluding hydrogens is 306 g/mol. The number of allylic oxidation sites excluding steroid dienone is 1. The van der Waals surface area contributed by atoms with Crippen molar-refractivity contribution >= 4 is 5.91 Å². The number of nitrogens with one attached hydrogen (secondary N) is 1. The van der Waals surface area contributed by atoms with E-state index in [0.29, 0.717) is 24.8 Å². The number of rotatable bonds is 2. The van der Waals surface area contributed by atoms with Crippen molar-refractivity contribution in [3.63, 3.8) is 0 Å². The normalized spacial score (nSPS) is 41.6. The molecule has 0 aromatic rings. The molecule has 6 heteroatoms. The van der Waals surface area contributed by atoms with E-state index >= 15 is 0 Å². The van der Waals surface area contributed by atoms with Gasteiger partial charge in [0, 0.05) is 30.4 Å². The van der Waals surface area contributed by atoms with Crippen molar-refractivity contribution in [2.24, 2.45) is 11.8 Å². The van der Waals surface area contributed by atoms with E-state index in [2.05, 4.69) is 16.3 Å². The third-order valence-corrected chi connectivity index (χ3v) is 6.55. The van der Waals surface area contributed by atoms with Gasteiger partial charge in [-0.1, -0.05) is 18.9 Å². The lowest BCUT2D eigenvalue weighted by molar-refractivity contribution is -0.527. The Labute approximate surface area is 142 Å². The fraction of sp³-hybridized carbons (Fsp3) is 0.833. The van der Waals surface area contributed by atoms with E-state index in [1.54, 1.807) is 0 Å². The lowest BCUT2D eigenvalue weighted by Crippen LogP contribution is -2.61. The molecule has 2 aliphatic heterocycles. The van der Waals surface area contributed by atoms with Crippen LogP contribution in [0.15, 0.2) is 11.6 Å². The second-order valence-electron chi connectivity index (χ2n) is 7.96. The highest BCUT2D eigenvalue weighted by Gasteiger charge is 2.46. The second kappa shape index (κ2) is 6.47. The lowest BCUT2D eigenvalue weighted by atomic mass is 9.81. The van der Waals surface area contributed by atoms with Crippen molar-refractivity contribution in [2.75, 3.05) is 6.54 Å². The lowest BCUT2D eigenvalue weighted by Gasteiger charge is -2.45. The van der Waals surface area contributed by atoms with Crippen molar-refractivity contribution in [1.82, 2.24) is 10.2 Å². The van der Waals surface area contributed by atoms with Crippen molar-refractivity contribution in [3.8, 4) is 0 Å². The van der Waals surface area contributed by atoms with Crippen LogP contribution in [-0.4, -0.2) is 40.5 Å². The van der Waals surface area contributed by atoms with Gasteiger partial charge < -0.3 is 5.32 Å². The molecule has 2 heterocycles. The number of nitrogens with zero attached hydrogens (tertiary/aromatic N) is 2. The zero-order valence-corrected chi connectivity index (χ0v) is 14.2. The van der Waals surface area contributed by atoms with Gasteiger partial charge in [-0.05, 0) is 43.6 Å². The molecule has 0 aromatic carbocycles. The zero-order chi connectivity index (χ0) is 16.7. The number of nitro groups is 1. The molecule has 0 spiro atoms. The van der Waals surface area contributed by atoms with Crippen LogP contribution in [0.2, 0.25) is 0 Å². The summed E-state index contributed by atoms with van der Waals surface area (Å²) < 4.78 is 0. The average Bonchev–Trinajstić information content (AvgIpc) is 2.98. The highest BCUT2D eigenvalue weighted by Crippen LogP contribution is 2.39. The molecule has 0 bridgehead atoms. The molecular formula is C18H27N3O3. The van der Waals surface area contributed by atoms with Gasteiger partial charge in [-0.3, -0.25) is 19.8 Å². The monoisotopic (exact) mass is 333 g/mol. The van der Waals surface area contributed by atoms with E-state index in [4.69, 9.17) is 0 Å². The molecule has 4 rings (SSSR count). The molecule has 6 nitrogen and oxygen atoms in total. The van der Waals surface area contributed by atoms with Crippen LogP contribution in [0.3, 0.4) is 0 Å². The first kappa shape index (κ1) is 16.1. The molecule has 2 saturated heterocycles. The fourth-order valence-corrected chi connectivity index (χ4v) is 5.35. The average molecular weight is 333 g/mol. The minimum Gasteiger partial charge on any atom is -0.336 e. The van der Waals surface area contributed by atoms with Crippen molar-refractivity contribution in [3.05, 3.63) is 21.8 Å². The highest BCUT2D eigenvalue weighted by molar-refractivity contribution is 5.81. The van der Waals surface area contributed by atoms with Gasteiger partial charge in [-0.2, -0.15) is 0 Å². The van der Waals surface area contributed by atoms with Crippen molar-refractivity contribution in [2.45, 2.75) is 76.0 Å². The Morgan fingerprint density at radius 3 is 2.83 bits per heavy atom. The molecule has 2 saturated carbocycles. The zero-order valence-electron chi connectivity index (χ0n) is 14.2. The smallest absolute Gasteiger partial charge is 0.226 e. The molecule has 24 heavy (non-hydrogen) atoms. The minimum absolute atomic E-state index is 0.0489. The maximum atomic E-state index is 12.5. The maximum absolute atomic E-state index is 12.5. The van der Waals surface area contributed by atoms with Crippen molar-refractivity contribution in [1.29, 1.82) is 0 Å². The SMILES string of the molecule is O=C1NC2/C(=C/C3CCCC([N+](=O)[O-])C3)CCN2C2CCCCC12. The topological polar surface area (TPSA) is 75.5 Å². The molecule has 4 fully saturated rings. The summed E-state index contributed by atoms with van der Waals surface area (Å²) in [5.74, 6) is 0.688. The summed E-state index contributed by atoms with van der Waals surface area (Å²) >= 11 is 0. The van der Waals surface area contributed by atoms with Crippen LogP contribution in [-0.2, 0) is 4.79 Å². The summed E-state index contributed by atoms with van der Waals surface area (Å²) in [5.41, 5.74) is 1.29. The van der Waals surface area contributed by atoms with Crippen LogP contribution < -0.4 is 5.32 Å². The molecule has 0 radical (unpaired) electrons. The van der Waals surface area contributed by atoms with E-state index < -0.39 is 0 Å². The van der Waals surface area contributed by atoms with Gasteiger partial charge in [0.25, 0.3) is 0 Å². The molecule has 1 N–H and O–H groups in total. The van der Waals surface area contributed by atoms with Gasteiger partial charge in [0.15, 0.2) is 0 Å². The van der Waals surface area contributed by atoms with E-state index in [1.165, 1.54) is 18.4 Å². The number of carbonyl (C=O) groups is 1. The minimum atomic E-state index is -0.387. The predicted molar refractivity (Wildman–Crippen MR) is 89.8 cm³/mol. The van der Waals surface area contributed by atoms with Gasteiger partial charge in [0.2, 0.25) is 11.9 Å². The van der Waals surface area contributed by atoms with E-state index in [9.17, 15) is 14.9 Å². The van der Waals surface area contributed by atoms with Gasteiger partial charge in [0.05, 0.1) is 5.92 Å². The van der Waals surface area contributed by atoms with E-state index in [1.807, 2.05) is 0 Å². The number of carbonyl (C=O) groups excluding carboxylic acids is 1. The Balaban J connectivity index is 1.49. The molecule has 5 atom stereocenters. The Morgan fingerprint density at radius 2 is 2.00 bits per heavy atom. The third-order valence-electron chi connectivity index (χ3n) is 6.55. The van der Waals surface area contributed by atoms with Crippen LogP contribution in [0.25, 0.3) is 0 Å². The van der Waals surface area contributed by atoms with E-state index in [-0.39, 0.29) is 29.0 Å². The summed E-state index contributed by atoms with van der Waals surface area (Å²) in [6, 6.07) is 0.0167. The molecule has 4 aliphatic rings. The van der Waals surface area contributed by atoms with Crippen molar-refractivity contribution < 1.29 is 9.72 Å². The first-order valence-electron chi connectivity index (χ1n) is 9.53. The molecule has 1 amide bonds. The summed E-state index contributed by atoms with van der Waals surface area (Å²) in [4.78, 5) is 26.0. The summed E-state index contributed by atoms with van der Waals surface area (Å²) in [6.07, 6.45) is 11.2. The summed E-state index contributed by atoms with van der Waals surface area (Å²) in [6.45, 7) is 1.02. The summed E-state index contributed by atoms with van der Waals surface area (Å²) in [5, 5.41) is 14.3. The number of amides is 1. The van der Waals surface area contributed by atoms with Crippen LogP contribution in [0, 0.1) is 22.0 Å². The number of hydrogen-bond donors (Lipinski definition) is 1. The summed E-state index contributed by atoms with van der Waals surface area (Å²) in [7, 11) is 0. The van der Waals surface area contributed by atoms with Gasteiger partial charge in [0.1, 0.15) is 6.17 Å². The van der Waals surface area contributed by atoms with Crippen LogP contribution in [0.4, 0.5) is 0 Å². The first-order valence-corrected chi connectivity index (χ1v) is 9.53. The van der Waals surface area contributed by atoms with Gasteiger partial charge in [-0.25, -0.2) is 0 Å². The molecule has 0 aromatic heterocycles. The standard InChI is InChI=1S/C18H27N3O3/c22-18-15-6-1-2-7-16(15)20-9-8-13(17(20)19-18)10-12-4-3-5-14(11-12)21(23)24/h10,12,14-17H,1-9,11H2,(H,19,22)/b13-10+. The molecule has 2 aliphatic carbocycles. The van der Waals surface area contributed by atoms with Crippen LogP contribution in [0.5, 0.6) is 0 Å². The van der Waals surface area contributed by atoms with Gasteiger partial charge in [-0.15, -0.1) is 0 Å². The Kier molecular flexibility index (Phi) is 4.33. The largest absolute Gasteiger partial charge is 0.336 e. The highest BCUT2D eigenvalue weighted by atomic mass is 16.6. The van der Waals surface area contributed by atoms with Gasteiger partial charge >= 0.3 is 0 Å². The number of fused-ring (bicyclic) bond motifs is 3. The fourth-order valence-electron chi connectivity index (χ4n) is 5.35. The molecule has 132 valence electrons. The number of hydrogen-bond acceptors (Lipinski definition) is 4.